The summed E-state index contributed by atoms with van der Waals surface area (Å²) in [6, 6.07) is 10.7. The van der Waals surface area contributed by atoms with Gasteiger partial charge in [0.1, 0.15) is 16.4 Å². The van der Waals surface area contributed by atoms with E-state index in [0.29, 0.717) is 11.4 Å². The van der Waals surface area contributed by atoms with E-state index in [4.69, 9.17) is 9.47 Å². The van der Waals surface area contributed by atoms with Crippen LogP contribution in [0.4, 0.5) is 5.69 Å². The summed E-state index contributed by atoms with van der Waals surface area (Å²) in [6.45, 7) is -0.155. The molecule has 0 heterocycles. The lowest BCUT2D eigenvalue weighted by atomic mass is 10.2. The van der Waals surface area contributed by atoms with Gasteiger partial charge in [-0.1, -0.05) is 6.07 Å². The molecule has 0 aliphatic carbocycles. The highest BCUT2D eigenvalue weighted by atomic mass is 32.2. The van der Waals surface area contributed by atoms with Gasteiger partial charge in [-0.2, -0.15) is 0 Å². The van der Waals surface area contributed by atoms with Crippen molar-refractivity contribution < 1.29 is 27.5 Å². The topological polar surface area (TPSA) is 114 Å². The first-order valence-corrected chi connectivity index (χ1v) is 9.98. The van der Waals surface area contributed by atoms with E-state index >= 15 is 0 Å². The summed E-state index contributed by atoms with van der Waals surface area (Å²) >= 11 is 0. The number of hydrogen-bond acceptors (Lipinski definition) is 6. The molecule has 10 heteroatoms. The minimum atomic E-state index is -3.80. The molecular formula is C19H23N3O6S. The molecule has 2 aromatic carbocycles. The predicted octanol–water partition coefficient (Wildman–Crippen LogP) is 1.32. The molecule has 0 radical (unpaired) electrons. The second-order valence-electron chi connectivity index (χ2n) is 6.10. The number of likely N-dealkylation sites (N-methyl/N-ethyl adjacent to an activating group) is 1. The fourth-order valence-electron chi connectivity index (χ4n) is 2.30. The highest BCUT2D eigenvalue weighted by molar-refractivity contribution is 7.89. The van der Waals surface area contributed by atoms with Crippen LogP contribution in [0.25, 0.3) is 0 Å². The lowest BCUT2D eigenvalue weighted by Gasteiger charge is -2.15. The van der Waals surface area contributed by atoms with Gasteiger partial charge in [-0.15, -0.1) is 0 Å². The molecule has 0 aliphatic rings. The molecule has 156 valence electrons. The molecule has 0 spiro atoms. The molecular weight excluding hydrogens is 398 g/mol. The van der Waals surface area contributed by atoms with Crippen LogP contribution in [0, 0.1) is 0 Å². The Hall–Kier alpha value is -3.11. The lowest BCUT2D eigenvalue weighted by molar-refractivity contribution is -0.122. The summed E-state index contributed by atoms with van der Waals surface area (Å²) in [7, 11) is 1.84. The average Bonchev–Trinajstić information content (AvgIpc) is 2.71. The third-order valence-electron chi connectivity index (χ3n) is 3.93. The Balaban J connectivity index is 2.24. The summed E-state index contributed by atoms with van der Waals surface area (Å²) in [5.74, 6) is -0.254. The number of hydrogen-bond donors (Lipinski definition) is 2. The second-order valence-corrected chi connectivity index (χ2v) is 8.22. The van der Waals surface area contributed by atoms with Crippen molar-refractivity contribution in [3.63, 3.8) is 0 Å². The van der Waals surface area contributed by atoms with Gasteiger partial charge in [-0.25, -0.2) is 12.7 Å². The van der Waals surface area contributed by atoms with Gasteiger partial charge in [0.05, 0.1) is 7.11 Å². The van der Waals surface area contributed by atoms with Crippen LogP contribution in [-0.4, -0.2) is 59.4 Å². The van der Waals surface area contributed by atoms with Gasteiger partial charge >= 0.3 is 0 Å². The smallest absolute Gasteiger partial charge is 0.257 e. The Kier molecular flexibility index (Phi) is 7.18. The molecule has 0 bridgehead atoms. The van der Waals surface area contributed by atoms with Gasteiger partial charge in [0.25, 0.3) is 11.8 Å². The van der Waals surface area contributed by atoms with Crippen molar-refractivity contribution in [2.75, 3.05) is 40.2 Å². The van der Waals surface area contributed by atoms with Crippen molar-refractivity contribution in [2.45, 2.75) is 4.90 Å². The van der Waals surface area contributed by atoms with Crippen LogP contribution in [0.15, 0.2) is 47.4 Å². The summed E-state index contributed by atoms with van der Waals surface area (Å²) < 4.78 is 36.5. The van der Waals surface area contributed by atoms with Crippen LogP contribution < -0.4 is 20.1 Å². The minimum Gasteiger partial charge on any atom is -0.495 e. The third kappa shape index (κ3) is 5.46. The average molecular weight is 421 g/mol. The number of amides is 2. The van der Waals surface area contributed by atoms with Crippen molar-refractivity contribution in [2.24, 2.45) is 0 Å². The molecule has 0 aromatic heterocycles. The number of anilines is 1. The van der Waals surface area contributed by atoms with Crippen LogP contribution >= 0.6 is 0 Å². The Bertz CT molecular complexity index is 1000. The first-order chi connectivity index (χ1) is 13.7. The number of methoxy groups -OCH3 is 1. The molecule has 2 N–H and O–H groups in total. The first-order valence-electron chi connectivity index (χ1n) is 8.54. The van der Waals surface area contributed by atoms with E-state index in [9.17, 15) is 18.0 Å². The van der Waals surface area contributed by atoms with E-state index in [1.54, 1.807) is 24.3 Å². The molecule has 9 nitrogen and oxygen atoms in total. The summed E-state index contributed by atoms with van der Waals surface area (Å²) in [4.78, 5) is 23.8. The molecule has 2 aromatic rings. The largest absolute Gasteiger partial charge is 0.495 e. The quantitative estimate of drug-likeness (QED) is 0.665. The second kappa shape index (κ2) is 9.39. The molecule has 0 saturated heterocycles. The zero-order valence-electron chi connectivity index (χ0n) is 16.6. The SMILES string of the molecule is CNC(=O)COc1cccc(NC(=O)c2ccc(OC)c(S(=O)(=O)N(C)C)c2)c1. The molecule has 0 aliphatic heterocycles. The third-order valence-corrected chi connectivity index (χ3v) is 5.76. The first kappa shape index (κ1) is 22.2. The number of rotatable bonds is 8. The van der Waals surface area contributed by atoms with E-state index in [1.165, 1.54) is 46.5 Å². The van der Waals surface area contributed by atoms with E-state index in [0.717, 1.165) is 4.31 Å². The van der Waals surface area contributed by atoms with Crippen LogP contribution in [0.3, 0.4) is 0 Å². The van der Waals surface area contributed by atoms with Gasteiger partial charge in [-0.3, -0.25) is 9.59 Å². The number of benzene rings is 2. The maximum absolute atomic E-state index is 12.6. The van der Waals surface area contributed by atoms with Gasteiger partial charge in [0, 0.05) is 38.5 Å². The Morgan fingerprint density at radius 1 is 1.10 bits per heavy atom. The van der Waals surface area contributed by atoms with E-state index in [1.807, 2.05) is 0 Å². The molecule has 2 amide bonds. The maximum atomic E-state index is 12.6. The zero-order valence-corrected chi connectivity index (χ0v) is 17.4. The van der Waals surface area contributed by atoms with E-state index in [2.05, 4.69) is 10.6 Å². The normalized spacial score (nSPS) is 11.1. The monoisotopic (exact) mass is 421 g/mol. The molecule has 29 heavy (non-hydrogen) atoms. The van der Waals surface area contributed by atoms with Crippen molar-refractivity contribution in [1.82, 2.24) is 9.62 Å². The highest BCUT2D eigenvalue weighted by Gasteiger charge is 2.24. The summed E-state index contributed by atoms with van der Waals surface area (Å²) in [6.07, 6.45) is 0. The van der Waals surface area contributed by atoms with Crippen molar-refractivity contribution in [3.05, 3.63) is 48.0 Å². The minimum absolute atomic E-state index is 0.111. The maximum Gasteiger partial charge on any atom is 0.257 e. The number of sulfonamides is 1. The predicted molar refractivity (Wildman–Crippen MR) is 108 cm³/mol. The Morgan fingerprint density at radius 3 is 2.45 bits per heavy atom. The van der Waals surface area contributed by atoms with E-state index in [-0.39, 0.29) is 28.7 Å². The fraction of sp³-hybridized carbons (Fsp3) is 0.263. The van der Waals surface area contributed by atoms with Crippen LogP contribution in [0.1, 0.15) is 10.4 Å². The summed E-state index contributed by atoms with van der Waals surface area (Å²) in [5.41, 5.74) is 0.570. The van der Waals surface area contributed by atoms with Crippen LogP contribution in [-0.2, 0) is 14.8 Å². The molecule has 0 fully saturated rings. The van der Waals surface area contributed by atoms with Crippen molar-refractivity contribution in [3.8, 4) is 11.5 Å². The zero-order chi connectivity index (χ0) is 21.6. The Labute approximate surface area is 169 Å². The molecule has 2 rings (SSSR count). The Morgan fingerprint density at radius 2 is 1.83 bits per heavy atom. The highest BCUT2D eigenvalue weighted by Crippen LogP contribution is 2.27. The lowest BCUT2D eigenvalue weighted by Crippen LogP contribution is -2.24. The summed E-state index contributed by atoms with van der Waals surface area (Å²) in [5, 5.41) is 5.12. The van der Waals surface area contributed by atoms with Crippen molar-refractivity contribution >= 4 is 27.5 Å². The van der Waals surface area contributed by atoms with Crippen LogP contribution in [0.2, 0.25) is 0 Å². The van der Waals surface area contributed by atoms with Gasteiger partial charge < -0.3 is 20.1 Å². The van der Waals surface area contributed by atoms with Gasteiger partial charge in [-0.05, 0) is 30.3 Å². The fourth-order valence-corrected chi connectivity index (χ4v) is 3.38. The number of nitrogens with zero attached hydrogens (tertiary/aromatic N) is 1. The number of carbonyl (C=O) groups excluding carboxylic acids is 2. The molecule has 0 unspecified atom stereocenters. The van der Waals surface area contributed by atoms with Crippen molar-refractivity contribution in [1.29, 1.82) is 0 Å². The molecule has 0 saturated carbocycles. The van der Waals surface area contributed by atoms with E-state index < -0.39 is 15.9 Å². The number of nitrogens with one attached hydrogen (secondary N) is 2. The molecule has 0 atom stereocenters. The van der Waals surface area contributed by atoms with Gasteiger partial charge in [0.2, 0.25) is 10.0 Å². The van der Waals surface area contributed by atoms with Crippen LogP contribution in [0.5, 0.6) is 11.5 Å². The standard InChI is InChI=1S/C19H23N3O6S/c1-20-18(23)12-28-15-7-5-6-14(11-15)21-19(24)13-8-9-16(27-4)17(10-13)29(25,26)22(2)3/h5-11H,12H2,1-4H3,(H,20,23)(H,21,24). The number of ether oxygens (including phenoxy) is 2. The number of carbonyl (C=O) groups is 2. The van der Waals surface area contributed by atoms with Gasteiger partial charge in [0.15, 0.2) is 6.61 Å².